The number of rotatable bonds is 5. The third-order valence-corrected chi connectivity index (χ3v) is 3.31. The molecule has 0 aliphatic heterocycles. The van der Waals surface area contributed by atoms with E-state index in [1.165, 1.54) is 18.4 Å². The van der Waals surface area contributed by atoms with Crippen molar-refractivity contribution in [3.63, 3.8) is 0 Å². The molecule has 3 heteroatoms. The van der Waals surface area contributed by atoms with Gasteiger partial charge in [-0.1, -0.05) is 6.07 Å². The lowest BCUT2D eigenvalue weighted by Crippen LogP contribution is -2.28. The molecule has 1 aliphatic rings. The number of nitriles is 1. The smallest absolute Gasteiger partial charge is 0.0991 e. The third-order valence-electron chi connectivity index (χ3n) is 3.31. The van der Waals surface area contributed by atoms with Gasteiger partial charge in [0, 0.05) is 13.1 Å². The minimum absolute atomic E-state index is 0.200. The van der Waals surface area contributed by atoms with Crippen LogP contribution < -0.4 is 5.32 Å². The summed E-state index contributed by atoms with van der Waals surface area (Å²) in [7, 11) is 0. The SMILES string of the molecule is Cc1cc(C#N)ccc1CNCC(O)C1CC1. The van der Waals surface area contributed by atoms with Crippen LogP contribution in [0.3, 0.4) is 0 Å². The van der Waals surface area contributed by atoms with Gasteiger partial charge in [0.25, 0.3) is 0 Å². The lowest BCUT2D eigenvalue weighted by Gasteiger charge is -2.12. The molecule has 0 radical (unpaired) electrons. The van der Waals surface area contributed by atoms with Crippen LogP contribution in [0.4, 0.5) is 0 Å². The predicted octanol–water partition coefficient (Wildman–Crippen LogP) is 1.73. The van der Waals surface area contributed by atoms with Gasteiger partial charge in [0.05, 0.1) is 17.7 Å². The molecule has 0 spiro atoms. The molecule has 1 aromatic carbocycles. The molecule has 0 aromatic heterocycles. The Kier molecular flexibility index (Phi) is 3.78. The summed E-state index contributed by atoms with van der Waals surface area (Å²) in [4.78, 5) is 0. The summed E-state index contributed by atoms with van der Waals surface area (Å²) in [6.45, 7) is 3.42. The van der Waals surface area contributed by atoms with Crippen LogP contribution in [0.25, 0.3) is 0 Å². The molecule has 1 atom stereocenters. The first-order chi connectivity index (χ1) is 8.20. The predicted molar refractivity (Wildman–Crippen MR) is 66.3 cm³/mol. The average Bonchev–Trinajstić information content (AvgIpc) is 3.15. The minimum atomic E-state index is -0.200. The van der Waals surface area contributed by atoms with Gasteiger partial charge in [0.15, 0.2) is 0 Å². The molecule has 0 saturated heterocycles. The average molecular weight is 230 g/mol. The third kappa shape index (κ3) is 3.29. The molecule has 0 heterocycles. The highest BCUT2D eigenvalue weighted by Gasteiger charge is 2.29. The normalized spacial score (nSPS) is 16.5. The van der Waals surface area contributed by atoms with Gasteiger partial charge in [0.1, 0.15) is 0 Å². The number of nitrogens with one attached hydrogen (secondary N) is 1. The minimum Gasteiger partial charge on any atom is -0.392 e. The topological polar surface area (TPSA) is 56.0 Å². The van der Waals surface area contributed by atoms with E-state index in [1.54, 1.807) is 0 Å². The highest BCUT2D eigenvalue weighted by atomic mass is 16.3. The van der Waals surface area contributed by atoms with Crippen LogP contribution in [0.5, 0.6) is 0 Å². The van der Waals surface area contributed by atoms with Crippen molar-refractivity contribution < 1.29 is 5.11 Å². The molecule has 0 amide bonds. The largest absolute Gasteiger partial charge is 0.392 e. The van der Waals surface area contributed by atoms with Gasteiger partial charge in [0.2, 0.25) is 0 Å². The molecule has 90 valence electrons. The van der Waals surface area contributed by atoms with Crippen molar-refractivity contribution in [1.82, 2.24) is 5.32 Å². The summed E-state index contributed by atoms with van der Waals surface area (Å²) in [5, 5.41) is 21.8. The van der Waals surface area contributed by atoms with Crippen LogP contribution in [-0.2, 0) is 6.54 Å². The Hall–Kier alpha value is -1.37. The Balaban J connectivity index is 1.84. The summed E-state index contributed by atoms with van der Waals surface area (Å²) in [5.74, 6) is 0.518. The van der Waals surface area contributed by atoms with E-state index in [4.69, 9.17) is 5.26 Å². The second-order valence-corrected chi connectivity index (χ2v) is 4.79. The van der Waals surface area contributed by atoms with Crippen LogP contribution in [-0.4, -0.2) is 17.8 Å². The van der Waals surface area contributed by atoms with E-state index < -0.39 is 0 Å². The van der Waals surface area contributed by atoms with E-state index in [9.17, 15) is 5.11 Å². The lowest BCUT2D eigenvalue weighted by atomic mass is 10.1. The van der Waals surface area contributed by atoms with E-state index in [0.717, 1.165) is 12.1 Å². The van der Waals surface area contributed by atoms with Crippen LogP contribution in [0.1, 0.15) is 29.5 Å². The number of benzene rings is 1. The highest BCUT2D eigenvalue weighted by Crippen LogP contribution is 2.32. The number of aliphatic hydroxyl groups is 1. The van der Waals surface area contributed by atoms with E-state index in [2.05, 4.69) is 11.4 Å². The molecule has 3 nitrogen and oxygen atoms in total. The summed E-state index contributed by atoms with van der Waals surface area (Å²) < 4.78 is 0. The first kappa shape index (κ1) is 12.1. The zero-order valence-electron chi connectivity index (χ0n) is 10.1. The lowest BCUT2D eigenvalue weighted by molar-refractivity contribution is 0.148. The van der Waals surface area contributed by atoms with E-state index in [-0.39, 0.29) is 6.10 Å². The standard InChI is InChI=1S/C14H18N2O/c1-10-6-11(7-15)2-3-13(10)8-16-9-14(17)12-4-5-12/h2-3,6,12,14,16-17H,4-5,8-9H2,1H3. The number of aliphatic hydroxyl groups excluding tert-OH is 1. The first-order valence-corrected chi connectivity index (χ1v) is 6.09. The zero-order valence-corrected chi connectivity index (χ0v) is 10.1. The monoisotopic (exact) mass is 230 g/mol. The van der Waals surface area contributed by atoms with Gasteiger partial charge in [-0.2, -0.15) is 5.26 Å². The summed E-state index contributed by atoms with van der Waals surface area (Å²) in [6.07, 6.45) is 2.13. The Morgan fingerprint density at radius 1 is 1.53 bits per heavy atom. The number of hydrogen-bond acceptors (Lipinski definition) is 3. The van der Waals surface area contributed by atoms with Crippen LogP contribution in [0, 0.1) is 24.2 Å². The van der Waals surface area contributed by atoms with E-state index in [0.29, 0.717) is 18.0 Å². The van der Waals surface area contributed by atoms with Crippen molar-refractivity contribution in [3.8, 4) is 6.07 Å². The number of aryl methyl sites for hydroxylation is 1. The van der Waals surface area contributed by atoms with E-state index in [1.807, 2.05) is 25.1 Å². The van der Waals surface area contributed by atoms with Gasteiger partial charge in [-0.3, -0.25) is 0 Å². The van der Waals surface area contributed by atoms with Gasteiger partial charge >= 0.3 is 0 Å². The van der Waals surface area contributed by atoms with E-state index >= 15 is 0 Å². The maximum absolute atomic E-state index is 9.71. The van der Waals surface area contributed by atoms with Gasteiger partial charge in [-0.15, -0.1) is 0 Å². The van der Waals surface area contributed by atoms with Crippen molar-refractivity contribution in [3.05, 3.63) is 34.9 Å². The fraction of sp³-hybridized carbons (Fsp3) is 0.500. The molecular formula is C14H18N2O. The quantitative estimate of drug-likeness (QED) is 0.810. The van der Waals surface area contributed by atoms with Crippen molar-refractivity contribution in [2.45, 2.75) is 32.4 Å². The van der Waals surface area contributed by atoms with Crippen molar-refractivity contribution >= 4 is 0 Å². The second-order valence-electron chi connectivity index (χ2n) is 4.79. The van der Waals surface area contributed by atoms with Gasteiger partial charge < -0.3 is 10.4 Å². The molecule has 2 N–H and O–H groups in total. The fourth-order valence-electron chi connectivity index (χ4n) is 1.97. The molecule has 1 aromatic rings. The molecule has 17 heavy (non-hydrogen) atoms. The van der Waals surface area contributed by atoms with Crippen LogP contribution >= 0.6 is 0 Å². The molecule has 2 rings (SSSR count). The van der Waals surface area contributed by atoms with Crippen molar-refractivity contribution in [1.29, 1.82) is 5.26 Å². The zero-order chi connectivity index (χ0) is 12.3. The summed E-state index contributed by atoms with van der Waals surface area (Å²) >= 11 is 0. The van der Waals surface area contributed by atoms with Crippen LogP contribution in [0.15, 0.2) is 18.2 Å². The van der Waals surface area contributed by atoms with Crippen molar-refractivity contribution in [2.75, 3.05) is 6.54 Å². The number of nitrogens with zero attached hydrogens (tertiary/aromatic N) is 1. The summed E-state index contributed by atoms with van der Waals surface area (Å²) in [5.41, 5.74) is 3.01. The Morgan fingerprint density at radius 2 is 2.29 bits per heavy atom. The number of hydrogen-bond donors (Lipinski definition) is 2. The summed E-state index contributed by atoms with van der Waals surface area (Å²) in [6, 6.07) is 7.84. The van der Waals surface area contributed by atoms with Crippen molar-refractivity contribution in [2.24, 2.45) is 5.92 Å². The molecular weight excluding hydrogens is 212 g/mol. The molecule has 0 bridgehead atoms. The first-order valence-electron chi connectivity index (χ1n) is 6.09. The Bertz CT molecular complexity index is 432. The molecule has 1 unspecified atom stereocenters. The highest BCUT2D eigenvalue weighted by molar-refractivity contribution is 5.37. The van der Waals surface area contributed by atoms with Gasteiger partial charge in [-0.05, 0) is 48.9 Å². The molecule has 1 saturated carbocycles. The second kappa shape index (κ2) is 5.31. The Morgan fingerprint density at radius 3 is 2.88 bits per heavy atom. The molecule has 1 fully saturated rings. The maximum Gasteiger partial charge on any atom is 0.0991 e. The van der Waals surface area contributed by atoms with Gasteiger partial charge in [-0.25, -0.2) is 0 Å². The maximum atomic E-state index is 9.71. The fourth-order valence-corrected chi connectivity index (χ4v) is 1.97. The Labute approximate surface area is 102 Å². The molecule has 1 aliphatic carbocycles. The van der Waals surface area contributed by atoms with Crippen LogP contribution in [0.2, 0.25) is 0 Å².